The Kier molecular flexibility index (Phi) is 8.62. The first-order valence-electron chi connectivity index (χ1n) is 8.14. The molecular weight excluding hydrogens is 252 g/mol. The van der Waals surface area contributed by atoms with Crippen LogP contribution in [0.5, 0.6) is 0 Å². The molecule has 1 saturated heterocycles. The van der Waals surface area contributed by atoms with Crippen LogP contribution < -0.4 is 10.7 Å². The number of nitrogens with zero attached hydrogens (tertiary/aromatic N) is 2. The van der Waals surface area contributed by atoms with Gasteiger partial charge in [0.2, 0.25) is 0 Å². The van der Waals surface area contributed by atoms with Crippen molar-refractivity contribution in [3.63, 3.8) is 0 Å². The molecule has 0 aromatic heterocycles. The molecule has 5 heteroatoms. The first-order valence-corrected chi connectivity index (χ1v) is 8.14. The lowest BCUT2D eigenvalue weighted by Gasteiger charge is -2.30. The van der Waals surface area contributed by atoms with Gasteiger partial charge >= 0.3 is 0 Å². The molecule has 0 aromatic rings. The number of hydrogen-bond donors (Lipinski definition) is 3. The van der Waals surface area contributed by atoms with Crippen LogP contribution in [-0.4, -0.2) is 48.2 Å². The first kappa shape index (κ1) is 17.2. The maximum Gasteiger partial charge on any atom is 0.127 e. The van der Waals surface area contributed by atoms with Gasteiger partial charge in [-0.25, -0.2) is 0 Å². The molecule has 118 valence electrons. The second-order valence-electron chi connectivity index (χ2n) is 5.45. The summed E-state index contributed by atoms with van der Waals surface area (Å²) in [4.78, 5) is 1.99. The molecule has 1 aliphatic rings. The molecule has 3 N–H and O–H groups in total. The summed E-state index contributed by atoms with van der Waals surface area (Å²) in [6.45, 7) is 6.07. The summed E-state index contributed by atoms with van der Waals surface area (Å²) in [7, 11) is 1.80. The molecule has 0 aromatic carbocycles. The number of piperidine rings is 1. The Morgan fingerprint density at radius 3 is 2.80 bits per heavy atom. The lowest BCUT2D eigenvalue weighted by atomic mass is 9.99. The zero-order chi connectivity index (χ0) is 14.8. The van der Waals surface area contributed by atoms with Gasteiger partial charge in [-0.05, 0) is 45.6 Å². The van der Waals surface area contributed by atoms with Crippen molar-refractivity contribution < 1.29 is 5.11 Å². The van der Waals surface area contributed by atoms with Gasteiger partial charge in [-0.3, -0.25) is 0 Å². The lowest BCUT2D eigenvalue weighted by molar-refractivity contribution is 0.0443. The molecule has 2 unspecified atom stereocenters. The van der Waals surface area contributed by atoms with Crippen LogP contribution in [0.4, 0.5) is 0 Å². The molecule has 0 saturated carbocycles. The van der Waals surface area contributed by atoms with E-state index in [1.165, 1.54) is 25.7 Å². The van der Waals surface area contributed by atoms with E-state index in [0.29, 0.717) is 6.04 Å². The van der Waals surface area contributed by atoms with E-state index in [4.69, 9.17) is 0 Å². The fraction of sp³-hybridized carbons (Fsp3) is 0.933. The van der Waals surface area contributed by atoms with E-state index in [9.17, 15) is 5.11 Å². The van der Waals surface area contributed by atoms with Crippen molar-refractivity contribution in [1.82, 2.24) is 15.6 Å². The van der Waals surface area contributed by atoms with Crippen molar-refractivity contribution in [3.05, 3.63) is 0 Å². The van der Waals surface area contributed by atoms with Crippen LogP contribution in [-0.2, 0) is 0 Å². The molecule has 0 radical (unpaired) electrons. The minimum absolute atomic E-state index is 0.421. The Morgan fingerprint density at radius 1 is 1.45 bits per heavy atom. The van der Waals surface area contributed by atoms with Gasteiger partial charge < -0.3 is 20.7 Å². The average molecular weight is 284 g/mol. The molecule has 0 aliphatic carbocycles. The summed E-state index contributed by atoms with van der Waals surface area (Å²) >= 11 is 0. The molecule has 0 amide bonds. The van der Waals surface area contributed by atoms with Gasteiger partial charge in [0.25, 0.3) is 0 Å². The van der Waals surface area contributed by atoms with Gasteiger partial charge in [0, 0.05) is 26.1 Å². The quantitative estimate of drug-likeness (QED) is 0.276. The number of aliphatic hydroxyl groups is 1. The van der Waals surface area contributed by atoms with Gasteiger partial charge in [-0.15, -0.1) is 0 Å². The Bertz CT molecular complexity index is 277. The molecule has 1 aliphatic heterocycles. The highest BCUT2D eigenvalue weighted by Crippen LogP contribution is 2.15. The van der Waals surface area contributed by atoms with Gasteiger partial charge in [-0.2, -0.15) is 5.10 Å². The van der Waals surface area contributed by atoms with Crippen LogP contribution in [0.1, 0.15) is 58.8 Å². The van der Waals surface area contributed by atoms with Gasteiger partial charge in [0.05, 0.1) is 0 Å². The van der Waals surface area contributed by atoms with Gasteiger partial charge in [-0.1, -0.05) is 13.3 Å². The van der Waals surface area contributed by atoms with Gasteiger partial charge in [0.15, 0.2) is 0 Å². The largest absolute Gasteiger partial charge is 0.374 e. The van der Waals surface area contributed by atoms with E-state index in [2.05, 4.69) is 29.7 Å². The zero-order valence-electron chi connectivity index (χ0n) is 13.4. The normalized spacial score (nSPS) is 21.6. The third-order valence-electron chi connectivity index (χ3n) is 4.02. The average Bonchev–Trinajstić information content (AvgIpc) is 2.48. The minimum Gasteiger partial charge on any atom is -0.374 e. The third-order valence-corrected chi connectivity index (χ3v) is 4.02. The summed E-state index contributed by atoms with van der Waals surface area (Å²) in [6.07, 6.45) is 7.39. The maximum atomic E-state index is 10.4. The van der Waals surface area contributed by atoms with E-state index in [-0.39, 0.29) is 0 Å². The molecule has 0 spiro atoms. The third kappa shape index (κ3) is 5.67. The van der Waals surface area contributed by atoms with Crippen molar-refractivity contribution in [3.8, 4) is 0 Å². The molecule has 20 heavy (non-hydrogen) atoms. The number of rotatable bonds is 8. The smallest absolute Gasteiger partial charge is 0.127 e. The van der Waals surface area contributed by atoms with E-state index in [1.54, 1.807) is 7.05 Å². The van der Waals surface area contributed by atoms with E-state index in [1.807, 2.05) is 4.90 Å². The summed E-state index contributed by atoms with van der Waals surface area (Å²) in [5, 5.41) is 18.2. The fourth-order valence-corrected chi connectivity index (χ4v) is 2.91. The molecule has 1 rings (SSSR count). The number of amidine groups is 1. The van der Waals surface area contributed by atoms with Crippen molar-refractivity contribution >= 4 is 5.84 Å². The van der Waals surface area contributed by atoms with Crippen LogP contribution >= 0.6 is 0 Å². The van der Waals surface area contributed by atoms with Crippen LogP contribution in [0.15, 0.2) is 5.10 Å². The van der Waals surface area contributed by atoms with E-state index >= 15 is 0 Å². The molecular formula is C15H32N4O. The second kappa shape index (κ2) is 10.00. The highest BCUT2D eigenvalue weighted by molar-refractivity contribution is 5.81. The van der Waals surface area contributed by atoms with Crippen LogP contribution in [0.3, 0.4) is 0 Å². The predicted octanol–water partition coefficient (Wildman–Crippen LogP) is 1.88. The van der Waals surface area contributed by atoms with Crippen molar-refractivity contribution in [2.45, 2.75) is 71.1 Å². The lowest BCUT2D eigenvalue weighted by Crippen LogP contribution is -2.41. The Labute approximate surface area is 123 Å². The molecule has 0 bridgehead atoms. The monoisotopic (exact) mass is 284 g/mol. The van der Waals surface area contributed by atoms with Crippen molar-refractivity contribution in [1.29, 1.82) is 0 Å². The minimum atomic E-state index is -0.421. The highest BCUT2D eigenvalue weighted by Gasteiger charge is 2.18. The number of hydrogen-bond acceptors (Lipinski definition) is 4. The Balaban J connectivity index is 2.34. The van der Waals surface area contributed by atoms with Crippen molar-refractivity contribution in [2.75, 3.05) is 20.1 Å². The zero-order valence-corrected chi connectivity index (χ0v) is 13.4. The second-order valence-corrected chi connectivity index (χ2v) is 5.45. The predicted molar refractivity (Wildman–Crippen MR) is 84.7 cm³/mol. The molecule has 2 atom stereocenters. The van der Waals surface area contributed by atoms with Crippen LogP contribution in [0.2, 0.25) is 0 Å². The summed E-state index contributed by atoms with van der Waals surface area (Å²) < 4.78 is 0. The van der Waals surface area contributed by atoms with E-state index < -0.39 is 6.23 Å². The Hall–Kier alpha value is -0.810. The fourth-order valence-electron chi connectivity index (χ4n) is 2.91. The molecule has 1 fully saturated rings. The SMILES string of the molecule is CC/C(=N\NC)N(CC)C(O)CCCC1CCCCN1. The highest BCUT2D eigenvalue weighted by atomic mass is 16.3. The van der Waals surface area contributed by atoms with Crippen LogP contribution in [0, 0.1) is 0 Å². The maximum absolute atomic E-state index is 10.4. The van der Waals surface area contributed by atoms with Crippen molar-refractivity contribution in [2.24, 2.45) is 5.10 Å². The van der Waals surface area contributed by atoms with Gasteiger partial charge in [0.1, 0.15) is 12.1 Å². The topological polar surface area (TPSA) is 59.9 Å². The summed E-state index contributed by atoms with van der Waals surface area (Å²) in [6, 6.07) is 0.655. The Morgan fingerprint density at radius 2 is 2.25 bits per heavy atom. The standard InChI is InChI=1S/C15H32N4O/c1-4-14(18-16-3)19(5-2)15(20)11-8-10-13-9-6-7-12-17-13/h13,15-17,20H,4-12H2,1-3H3/b18-14+. The molecule has 1 heterocycles. The van der Waals surface area contributed by atoms with Crippen LogP contribution in [0.25, 0.3) is 0 Å². The number of aliphatic hydroxyl groups excluding tert-OH is 1. The van der Waals surface area contributed by atoms with E-state index in [0.717, 1.165) is 38.2 Å². The number of hydrazone groups is 1. The molecule has 5 nitrogen and oxygen atoms in total. The summed E-state index contributed by atoms with van der Waals surface area (Å²) in [5.74, 6) is 0.929. The number of nitrogens with one attached hydrogen (secondary N) is 2. The summed E-state index contributed by atoms with van der Waals surface area (Å²) in [5.41, 5.74) is 2.82. The first-order chi connectivity index (χ1) is 9.72.